The minimum atomic E-state index is -0.500. The van der Waals surface area contributed by atoms with Gasteiger partial charge in [0.25, 0.3) is 0 Å². The number of hydrogen-bond donors (Lipinski definition) is 1. The molecule has 0 amide bonds. The van der Waals surface area contributed by atoms with Crippen LogP contribution in [0.3, 0.4) is 0 Å². The maximum absolute atomic E-state index is 13.6. The molecule has 2 unspecified atom stereocenters. The molecule has 1 saturated carbocycles. The molecule has 0 saturated heterocycles. The number of ether oxygens (including phenoxy) is 5. The number of imidazole rings is 2. The fourth-order valence-electron chi connectivity index (χ4n) is 9.17. The third-order valence-corrected chi connectivity index (χ3v) is 12.3. The number of para-hydroxylation sites is 2. The first-order valence-corrected chi connectivity index (χ1v) is 21.4. The molecule has 1 N–H and O–H groups in total. The molecule has 63 heavy (non-hydrogen) atoms. The topological polar surface area (TPSA) is 127 Å². The molecule has 12 nitrogen and oxygen atoms in total. The van der Waals surface area contributed by atoms with Crippen molar-refractivity contribution in [1.29, 1.82) is 0 Å². The Morgan fingerprint density at radius 1 is 0.603 bits per heavy atom. The molecular formula is C50H47FN6O6. The van der Waals surface area contributed by atoms with Crippen molar-refractivity contribution in [3.8, 4) is 51.4 Å². The second kappa shape index (κ2) is 17.4. The number of aromatic nitrogens is 6. The summed E-state index contributed by atoms with van der Waals surface area (Å²) in [5.41, 5.74) is 9.67. The Bertz CT molecular complexity index is 2910. The van der Waals surface area contributed by atoms with E-state index in [0.29, 0.717) is 30.9 Å². The molecule has 1 fully saturated rings. The van der Waals surface area contributed by atoms with Crippen LogP contribution in [0, 0.1) is 5.95 Å². The van der Waals surface area contributed by atoms with E-state index in [2.05, 4.69) is 43.7 Å². The number of rotatable bonds is 8. The summed E-state index contributed by atoms with van der Waals surface area (Å²) in [6, 6.07) is 31.4. The number of hydrogen-bond acceptors (Lipinski definition) is 10. The molecule has 0 spiro atoms. The van der Waals surface area contributed by atoms with Crippen LogP contribution in [0.15, 0.2) is 122 Å². The summed E-state index contributed by atoms with van der Waals surface area (Å²) in [7, 11) is 3.40. The number of methoxy groups -OCH3 is 2. The van der Waals surface area contributed by atoms with Crippen LogP contribution in [0.25, 0.3) is 33.5 Å². The first-order valence-electron chi connectivity index (χ1n) is 21.4. The van der Waals surface area contributed by atoms with Crippen molar-refractivity contribution in [3.63, 3.8) is 0 Å². The lowest BCUT2D eigenvalue weighted by Gasteiger charge is -2.25. The Hall–Kier alpha value is -6.99. The predicted octanol–water partition coefficient (Wildman–Crippen LogP) is 9.46. The highest BCUT2D eigenvalue weighted by atomic mass is 19.1. The minimum Gasteiger partial charge on any atom is -0.496 e. The monoisotopic (exact) mass is 846 g/mol. The van der Waals surface area contributed by atoms with E-state index in [1.54, 1.807) is 26.5 Å². The molecule has 2 atom stereocenters. The Labute approximate surface area is 363 Å². The highest BCUT2D eigenvalue weighted by Crippen LogP contribution is 2.44. The molecular weight excluding hydrogens is 800 g/mol. The van der Waals surface area contributed by atoms with Crippen LogP contribution in [0.1, 0.15) is 72.9 Å². The zero-order valence-corrected chi connectivity index (χ0v) is 35.1. The minimum absolute atomic E-state index is 0.0966. The zero-order chi connectivity index (χ0) is 42.9. The number of fused-ring (bicyclic) bond motifs is 6. The van der Waals surface area contributed by atoms with Gasteiger partial charge in [0.2, 0.25) is 23.6 Å². The average molecular weight is 847 g/mol. The zero-order valence-electron chi connectivity index (χ0n) is 35.1. The van der Waals surface area contributed by atoms with Gasteiger partial charge < -0.3 is 28.8 Å². The number of aliphatic hydroxyl groups is 1. The lowest BCUT2D eigenvalue weighted by molar-refractivity contribution is 0.0644. The largest absolute Gasteiger partial charge is 0.496 e. The fraction of sp³-hybridized carbons (Fsp3) is 0.280. The summed E-state index contributed by atoms with van der Waals surface area (Å²) >= 11 is 0. The molecule has 8 aromatic rings. The molecule has 2 aromatic carbocycles. The van der Waals surface area contributed by atoms with E-state index in [1.165, 1.54) is 12.3 Å². The summed E-state index contributed by atoms with van der Waals surface area (Å²) in [4.78, 5) is 17.5. The number of nitrogens with zero attached hydrogens (tertiary/aromatic N) is 6. The number of halogens is 1. The lowest BCUT2D eigenvalue weighted by atomic mass is 9.90. The highest BCUT2D eigenvalue weighted by Gasteiger charge is 2.32. The van der Waals surface area contributed by atoms with Gasteiger partial charge in [-0.2, -0.15) is 14.4 Å². The first kappa shape index (κ1) is 40.1. The smallest absolute Gasteiger partial charge is 0.236 e. The van der Waals surface area contributed by atoms with E-state index < -0.39 is 5.95 Å². The van der Waals surface area contributed by atoms with Gasteiger partial charge in [-0.1, -0.05) is 36.4 Å². The quantitative estimate of drug-likeness (QED) is 0.148. The average Bonchev–Trinajstić information content (AvgIpc) is 3.90. The molecule has 0 bridgehead atoms. The SMILES string of the molecule is COc1ccccc1C1CCOc2nc3ccc(-c4ccnc(F)c4)cn3c21.COc1ccccc1C1CCOc2nc3ccc(-c4ccnc(OC5CCC(O)CC5)c4)cn3c21. The maximum Gasteiger partial charge on any atom is 0.236 e. The highest BCUT2D eigenvalue weighted by molar-refractivity contribution is 5.67. The van der Waals surface area contributed by atoms with Crippen LogP contribution in [0.5, 0.6) is 29.1 Å². The van der Waals surface area contributed by atoms with E-state index in [1.807, 2.05) is 77.3 Å². The molecule has 13 heteroatoms. The van der Waals surface area contributed by atoms with Gasteiger partial charge in [0, 0.05) is 59.9 Å². The van der Waals surface area contributed by atoms with Crippen LogP contribution in [0.4, 0.5) is 4.39 Å². The normalized spacial score (nSPS) is 19.2. The fourth-order valence-corrected chi connectivity index (χ4v) is 9.17. The molecule has 2 aliphatic heterocycles. The van der Waals surface area contributed by atoms with Crippen LogP contribution in [0.2, 0.25) is 0 Å². The number of benzene rings is 2. The first-order chi connectivity index (χ1) is 30.9. The predicted molar refractivity (Wildman–Crippen MR) is 236 cm³/mol. The van der Waals surface area contributed by atoms with Crippen LogP contribution >= 0.6 is 0 Å². The van der Waals surface area contributed by atoms with Crippen LogP contribution in [-0.2, 0) is 0 Å². The Morgan fingerprint density at radius 2 is 1.13 bits per heavy atom. The van der Waals surface area contributed by atoms with Gasteiger partial charge in [-0.25, -0.2) is 9.97 Å². The van der Waals surface area contributed by atoms with Gasteiger partial charge in [-0.05, 0) is 109 Å². The standard InChI is InChI=1S/C28H29N3O4.C22H18FN3O2/c1-33-24-5-3-2-4-22(24)23-13-15-34-28-27(23)31-17-19(6-11-25(31)30-28)18-12-14-29-26(16-18)35-21-9-7-20(32)8-10-21;1-27-18-5-3-2-4-16(18)17-9-11-28-22-21(17)26-13-15(6-7-20(26)25-22)14-8-10-24-19(23)12-14/h2-6,11-12,14,16-17,20-21,23,32H,7-10,13,15H2,1H3;2-8,10,12-13,17H,9,11H2,1H3. The second-order valence-electron chi connectivity index (χ2n) is 16.1. The maximum atomic E-state index is 13.6. The Morgan fingerprint density at radius 3 is 1.67 bits per heavy atom. The lowest BCUT2D eigenvalue weighted by Crippen LogP contribution is -2.26. The summed E-state index contributed by atoms with van der Waals surface area (Å²) in [6.07, 6.45) is 12.2. The van der Waals surface area contributed by atoms with Gasteiger partial charge in [0.05, 0.1) is 44.9 Å². The summed E-state index contributed by atoms with van der Waals surface area (Å²) in [6.45, 7) is 1.22. The van der Waals surface area contributed by atoms with Gasteiger partial charge in [-0.15, -0.1) is 0 Å². The third-order valence-electron chi connectivity index (χ3n) is 12.3. The molecule has 3 aliphatic rings. The van der Waals surface area contributed by atoms with Crippen molar-refractivity contribution in [1.82, 2.24) is 28.7 Å². The van der Waals surface area contributed by atoms with Gasteiger partial charge >= 0.3 is 0 Å². The molecule has 8 heterocycles. The summed E-state index contributed by atoms with van der Waals surface area (Å²) in [5.74, 6) is 3.39. The third kappa shape index (κ3) is 8.00. The van der Waals surface area contributed by atoms with Crippen molar-refractivity contribution < 1.29 is 33.2 Å². The van der Waals surface area contributed by atoms with Gasteiger partial charge in [0.15, 0.2) is 0 Å². The molecule has 0 radical (unpaired) electrons. The van der Waals surface area contributed by atoms with E-state index in [-0.39, 0.29) is 24.0 Å². The van der Waals surface area contributed by atoms with E-state index in [4.69, 9.17) is 28.7 Å². The van der Waals surface area contributed by atoms with E-state index >= 15 is 0 Å². The van der Waals surface area contributed by atoms with Gasteiger partial charge in [0.1, 0.15) is 28.9 Å². The molecule has 11 rings (SSSR count). The summed E-state index contributed by atoms with van der Waals surface area (Å²) < 4.78 is 47.0. The van der Waals surface area contributed by atoms with Gasteiger partial charge in [-0.3, -0.25) is 8.80 Å². The van der Waals surface area contributed by atoms with Crippen molar-refractivity contribution in [2.24, 2.45) is 0 Å². The van der Waals surface area contributed by atoms with Crippen LogP contribution < -0.4 is 23.7 Å². The number of aliphatic hydroxyl groups excluding tert-OH is 1. The van der Waals surface area contributed by atoms with E-state index in [0.717, 1.165) is 106 Å². The van der Waals surface area contributed by atoms with Crippen molar-refractivity contribution >= 4 is 11.3 Å². The van der Waals surface area contributed by atoms with Crippen molar-refractivity contribution in [2.45, 2.75) is 62.6 Å². The summed E-state index contributed by atoms with van der Waals surface area (Å²) in [5, 5.41) is 9.77. The van der Waals surface area contributed by atoms with Crippen LogP contribution in [-0.4, -0.2) is 73.5 Å². The van der Waals surface area contributed by atoms with E-state index in [9.17, 15) is 9.50 Å². The Kier molecular flexibility index (Phi) is 11.1. The second-order valence-corrected chi connectivity index (χ2v) is 16.1. The molecule has 6 aromatic heterocycles. The molecule has 320 valence electrons. The van der Waals surface area contributed by atoms with Crippen molar-refractivity contribution in [2.75, 3.05) is 27.4 Å². The number of pyridine rings is 4. The Balaban J connectivity index is 0.000000153. The van der Waals surface area contributed by atoms with Crippen molar-refractivity contribution in [3.05, 3.63) is 150 Å². The molecule has 1 aliphatic carbocycles.